The van der Waals surface area contributed by atoms with Crippen molar-refractivity contribution in [3.05, 3.63) is 27.7 Å². The number of anilines is 1. The smallest absolute Gasteiger partial charge is 0.141 e. The maximum absolute atomic E-state index is 10.6. The molecule has 3 nitrogen and oxygen atoms in total. The summed E-state index contributed by atoms with van der Waals surface area (Å²) < 4.78 is 1.01. The van der Waals surface area contributed by atoms with E-state index in [-0.39, 0.29) is 0 Å². The summed E-state index contributed by atoms with van der Waals surface area (Å²) in [7, 11) is 1.47. The van der Waals surface area contributed by atoms with Crippen molar-refractivity contribution in [2.75, 3.05) is 11.9 Å². The number of hydrogen-bond donors (Lipinski definition) is 0. The molecule has 0 atom stereocenters. The van der Waals surface area contributed by atoms with Crippen molar-refractivity contribution in [1.82, 2.24) is 0 Å². The average molecular weight is 257 g/mol. The van der Waals surface area contributed by atoms with E-state index in [0.717, 1.165) is 20.5 Å². The molecular formula is C10H11BrNO2-. The van der Waals surface area contributed by atoms with Gasteiger partial charge in [0.1, 0.15) is 6.09 Å². The molecule has 0 unspecified atom stereocenters. The molecule has 1 rings (SSSR count). The van der Waals surface area contributed by atoms with E-state index in [4.69, 9.17) is 0 Å². The molecule has 1 aromatic rings. The van der Waals surface area contributed by atoms with Crippen molar-refractivity contribution in [2.24, 2.45) is 0 Å². The topological polar surface area (TPSA) is 43.4 Å². The van der Waals surface area contributed by atoms with Gasteiger partial charge in [0.2, 0.25) is 0 Å². The Labute approximate surface area is 91.5 Å². The van der Waals surface area contributed by atoms with Gasteiger partial charge in [-0.3, -0.25) is 0 Å². The van der Waals surface area contributed by atoms with Crippen LogP contribution in [0.1, 0.15) is 11.1 Å². The van der Waals surface area contributed by atoms with Gasteiger partial charge in [0, 0.05) is 17.2 Å². The number of rotatable bonds is 1. The highest BCUT2D eigenvalue weighted by molar-refractivity contribution is 9.10. The minimum Gasteiger partial charge on any atom is -0.530 e. The number of aryl methyl sites for hydroxylation is 2. The molecule has 1 amide bonds. The van der Waals surface area contributed by atoms with Gasteiger partial charge in [-0.2, -0.15) is 0 Å². The third-order valence-corrected chi connectivity index (χ3v) is 3.33. The number of nitrogens with zero attached hydrogens (tertiary/aromatic N) is 1. The number of hydrogen-bond acceptors (Lipinski definition) is 2. The predicted octanol–water partition coefficient (Wildman–Crippen LogP) is 1.85. The molecule has 1 aromatic carbocycles. The Morgan fingerprint density at radius 3 is 2.14 bits per heavy atom. The summed E-state index contributed by atoms with van der Waals surface area (Å²) >= 11 is 3.42. The van der Waals surface area contributed by atoms with Crippen molar-refractivity contribution in [3.8, 4) is 0 Å². The van der Waals surface area contributed by atoms with Crippen LogP contribution >= 0.6 is 15.9 Å². The summed E-state index contributed by atoms with van der Waals surface area (Å²) in [4.78, 5) is 11.7. The van der Waals surface area contributed by atoms with E-state index in [9.17, 15) is 9.90 Å². The zero-order valence-corrected chi connectivity index (χ0v) is 9.88. The van der Waals surface area contributed by atoms with E-state index in [0.29, 0.717) is 5.69 Å². The van der Waals surface area contributed by atoms with Crippen molar-refractivity contribution in [3.63, 3.8) is 0 Å². The van der Waals surface area contributed by atoms with E-state index in [1.807, 2.05) is 13.8 Å². The van der Waals surface area contributed by atoms with Crippen LogP contribution in [-0.4, -0.2) is 13.1 Å². The van der Waals surface area contributed by atoms with Crippen LogP contribution in [0.25, 0.3) is 0 Å². The zero-order valence-electron chi connectivity index (χ0n) is 8.30. The fourth-order valence-corrected chi connectivity index (χ4v) is 1.45. The van der Waals surface area contributed by atoms with Crippen LogP contribution in [0.2, 0.25) is 0 Å². The van der Waals surface area contributed by atoms with Gasteiger partial charge in [0.15, 0.2) is 0 Å². The van der Waals surface area contributed by atoms with Gasteiger partial charge < -0.3 is 14.8 Å². The Bertz CT molecular complexity index is 353. The average Bonchev–Trinajstić information content (AvgIpc) is 2.12. The number of carbonyl (C=O) groups is 1. The van der Waals surface area contributed by atoms with Gasteiger partial charge in [-0.05, 0) is 37.1 Å². The molecule has 0 saturated heterocycles. The molecule has 0 aromatic heterocycles. The van der Waals surface area contributed by atoms with Crippen LogP contribution < -0.4 is 10.0 Å². The van der Waals surface area contributed by atoms with Gasteiger partial charge in [-0.15, -0.1) is 0 Å². The lowest BCUT2D eigenvalue weighted by Gasteiger charge is -2.21. The number of carboxylic acid groups (broad SMARTS) is 1. The first kappa shape index (κ1) is 11.0. The van der Waals surface area contributed by atoms with Crippen LogP contribution in [0.15, 0.2) is 16.6 Å². The third kappa shape index (κ3) is 2.07. The molecule has 0 aliphatic rings. The fourth-order valence-electron chi connectivity index (χ4n) is 1.22. The lowest BCUT2D eigenvalue weighted by atomic mass is 10.1. The Morgan fingerprint density at radius 2 is 1.79 bits per heavy atom. The van der Waals surface area contributed by atoms with E-state index in [2.05, 4.69) is 15.9 Å². The number of halogens is 1. The molecule has 0 spiro atoms. The van der Waals surface area contributed by atoms with Crippen LogP contribution in [0.5, 0.6) is 0 Å². The largest absolute Gasteiger partial charge is 0.530 e. The Hall–Kier alpha value is -1.03. The zero-order chi connectivity index (χ0) is 10.9. The minimum absolute atomic E-state index is 0.628. The van der Waals surface area contributed by atoms with Crippen molar-refractivity contribution in [2.45, 2.75) is 13.8 Å². The predicted molar refractivity (Wildman–Crippen MR) is 57.4 cm³/mol. The van der Waals surface area contributed by atoms with Crippen molar-refractivity contribution >= 4 is 27.7 Å². The number of carbonyl (C=O) groups excluding carboxylic acids is 1. The molecule has 0 bridgehead atoms. The van der Waals surface area contributed by atoms with Gasteiger partial charge >= 0.3 is 0 Å². The molecule has 0 aliphatic heterocycles. The van der Waals surface area contributed by atoms with Gasteiger partial charge in [0.05, 0.1) is 0 Å². The monoisotopic (exact) mass is 256 g/mol. The van der Waals surface area contributed by atoms with Gasteiger partial charge in [-0.1, -0.05) is 15.9 Å². The molecule has 76 valence electrons. The fraction of sp³-hybridized carbons (Fsp3) is 0.300. The van der Waals surface area contributed by atoms with E-state index in [1.165, 1.54) is 7.05 Å². The highest BCUT2D eigenvalue weighted by atomic mass is 79.9. The molecule has 0 fully saturated rings. The summed E-state index contributed by atoms with van der Waals surface area (Å²) in [6, 6.07) is 3.60. The maximum atomic E-state index is 10.6. The van der Waals surface area contributed by atoms with Crippen molar-refractivity contribution < 1.29 is 9.90 Å². The highest BCUT2D eigenvalue weighted by Crippen LogP contribution is 2.26. The Kier molecular flexibility index (Phi) is 3.16. The summed E-state index contributed by atoms with van der Waals surface area (Å²) in [6.07, 6.45) is -1.20. The lowest BCUT2D eigenvalue weighted by molar-refractivity contribution is -0.246. The first-order valence-corrected chi connectivity index (χ1v) is 4.94. The Morgan fingerprint density at radius 1 is 1.36 bits per heavy atom. The molecule has 0 N–H and O–H groups in total. The first-order valence-electron chi connectivity index (χ1n) is 4.15. The number of benzene rings is 1. The summed E-state index contributed by atoms with van der Waals surface area (Å²) in [6.45, 7) is 3.84. The van der Waals surface area contributed by atoms with Crippen LogP contribution in [0, 0.1) is 13.8 Å². The number of amides is 1. The second-order valence-corrected chi connectivity index (χ2v) is 4.01. The van der Waals surface area contributed by atoms with E-state index in [1.54, 1.807) is 12.1 Å². The molecule has 0 heterocycles. The standard InChI is InChI=1S/C10H12BrNO2/c1-6-4-8(12(3)10(13)14)5-7(2)9(6)11/h4-5H,1-3H3,(H,13,14)/p-1. The lowest BCUT2D eigenvalue weighted by Crippen LogP contribution is -2.38. The third-order valence-electron chi connectivity index (χ3n) is 2.08. The summed E-state index contributed by atoms with van der Waals surface area (Å²) in [5.41, 5.74) is 2.64. The summed E-state index contributed by atoms with van der Waals surface area (Å²) in [5, 5.41) is 10.6. The van der Waals surface area contributed by atoms with Crippen LogP contribution in [-0.2, 0) is 0 Å². The second kappa shape index (κ2) is 4.00. The molecule has 4 heteroatoms. The van der Waals surface area contributed by atoms with Crippen LogP contribution in [0.3, 0.4) is 0 Å². The first-order chi connectivity index (χ1) is 6.43. The summed E-state index contributed by atoms with van der Waals surface area (Å²) in [5.74, 6) is 0. The maximum Gasteiger partial charge on any atom is 0.141 e. The van der Waals surface area contributed by atoms with E-state index < -0.39 is 6.09 Å². The molecule has 0 radical (unpaired) electrons. The van der Waals surface area contributed by atoms with E-state index >= 15 is 0 Å². The molecule has 0 aliphatic carbocycles. The molecule has 14 heavy (non-hydrogen) atoms. The van der Waals surface area contributed by atoms with Gasteiger partial charge in [-0.25, -0.2) is 0 Å². The molecular weight excluding hydrogens is 246 g/mol. The quantitative estimate of drug-likeness (QED) is 0.770. The highest BCUT2D eigenvalue weighted by Gasteiger charge is 2.06. The van der Waals surface area contributed by atoms with Crippen LogP contribution in [0.4, 0.5) is 10.5 Å². The van der Waals surface area contributed by atoms with Crippen molar-refractivity contribution in [1.29, 1.82) is 0 Å². The Balaban J connectivity index is 3.19. The van der Waals surface area contributed by atoms with Gasteiger partial charge in [0.25, 0.3) is 0 Å². The molecule has 0 saturated carbocycles. The normalized spacial score (nSPS) is 10.0. The minimum atomic E-state index is -1.20. The SMILES string of the molecule is Cc1cc(N(C)C(=O)[O-])cc(C)c1Br. The second-order valence-electron chi connectivity index (χ2n) is 3.22.